The van der Waals surface area contributed by atoms with Crippen LogP contribution in [0.15, 0.2) is 6.33 Å². The molecular formula is C16H26N4. The molecule has 110 valence electrons. The molecule has 1 aromatic heterocycles. The highest BCUT2D eigenvalue weighted by molar-refractivity contribution is 5.59. The number of nitrogens with zero attached hydrogens (tertiary/aromatic N) is 3. The Balaban J connectivity index is 1.94. The topological polar surface area (TPSA) is 41.1 Å². The van der Waals surface area contributed by atoms with E-state index in [1.807, 2.05) is 7.05 Å². The highest BCUT2D eigenvalue weighted by Gasteiger charge is 2.34. The summed E-state index contributed by atoms with van der Waals surface area (Å²) in [5.41, 5.74) is 1.28. The molecule has 0 bridgehead atoms. The second kappa shape index (κ2) is 5.98. The highest BCUT2D eigenvalue weighted by Crippen LogP contribution is 2.38. The van der Waals surface area contributed by atoms with E-state index in [2.05, 4.69) is 27.1 Å². The Labute approximate surface area is 122 Å². The number of fused-ring (bicyclic) bond motifs is 1. The van der Waals surface area contributed by atoms with E-state index >= 15 is 0 Å². The Bertz CT molecular complexity index is 458. The fraction of sp³-hybridized carbons (Fsp3) is 0.750. The van der Waals surface area contributed by atoms with Crippen molar-refractivity contribution in [2.45, 2.75) is 57.9 Å². The predicted octanol–water partition coefficient (Wildman–Crippen LogP) is 3.24. The van der Waals surface area contributed by atoms with Crippen molar-refractivity contribution in [2.75, 3.05) is 23.8 Å². The van der Waals surface area contributed by atoms with Gasteiger partial charge < -0.3 is 10.2 Å². The van der Waals surface area contributed by atoms with Crippen LogP contribution < -0.4 is 10.2 Å². The number of aromatic nitrogens is 2. The molecule has 2 heterocycles. The van der Waals surface area contributed by atoms with E-state index in [4.69, 9.17) is 0 Å². The molecule has 4 nitrogen and oxygen atoms in total. The van der Waals surface area contributed by atoms with Crippen molar-refractivity contribution in [2.24, 2.45) is 5.92 Å². The molecule has 1 saturated heterocycles. The van der Waals surface area contributed by atoms with Crippen molar-refractivity contribution >= 4 is 11.6 Å². The van der Waals surface area contributed by atoms with E-state index in [1.54, 1.807) is 6.33 Å². The Morgan fingerprint density at radius 1 is 1.20 bits per heavy atom. The minimum Gasteiger partial charge on any atom is -0.373 e. The Morgan fingerprint density at radius 2 is 2.00 bits per heavy atom. The van der Waals surface area contributed by atoms with Gasteiger partial charge in [-0.15, -0.1) is 0 Å². The summed E-state index contributed by atoms with van der Waals surface area (Å²) in [6.07, 6.45) is 11.0. The second-order valence-corrected chi connectivity index (χ2v) is 6.08. The molecule has 2 aliphatic rings. The van der Waals surface area contributed by atoms with Gasteiger partial charge in [-0.05, 0) is 38.0 Å². The van der Waals surface area contributed by atoms with Crippen molar-refractivity contribution in [3.63, 3.8) is 0 Å². The van der Waals surface area contributed by atoms with Crippen molar-refractivity contribution in [1.29, 1.82) is 0 Å². The molecule has 0 aromatic carbocycles. The molecule has 0 spiro atoms. The first-order chi connectivity index (χ1) is 9.85. The van der Waals surface area contributed by atoms with Gasteiger partial charge in [0.2, 0.25) is 0 Å². The molecule has 20 heavy (non-hydrogen) atoms. The number of hydrogen-bond acceptors (Lipinski definition) is 4. The fourth-order valence-electron chi connectivity index (χ4n) is 4.08. The average molecular weight is 274 g/mol. The van der Waals surface area contributed by atoms with E-state index in [0.29, 0.717) is 6.04 Å². The van der Waals surface area contributed by atoms with Gasteiger partial charge in [0.05, 0.1) is 0 Å². The summed E-state index contributed by atoms with van der Waals surface area (Å²) in [5.74, 6) is 3.06. The maximum Gasteiger partial charge on any atom is 0.137 e. The normalized spacial score (nSPS) is 26.2. The zero-order valence-electron chi connectivity index (χ0n) is 12.7. The zero-order chi connectivity index (χ0) is 13.9. The largest absolute Gasteiger partial charge is 0.373 e. The fourth-order valence-corrected chi connectivity index (χ4v) is 4.08. The molecule has 3 rings (SSSR count). The number of anilines is 2. The average Bonchev–Trinajstić information content (AvgIpc) is 2.53. The van der Waals surface area contributed by atoms with E-state index in [0.717, 1.165) is 24.7 Å². The van der Waals surface area contributed by atoms with Crippen molar-refractivity contribution in [1.82, 2.24) is 9.97 Å². The molecule has 4 heteroatoms. The van der Waals surface area contributed by atoms with Crippen molar-refractivity contribution < 1.29 is 0 Å². The summed E-state index contributed by atoms with van der Waals surface area (Å²) >= 11 is 0. The van der Waals surface area contributed by atoms with Gasteiger partial charge in [0.15, 0.2) is 0 Å². The van der Waals surface area contributed by atoms with E-state index in [9.17, 15) is 0 Å². The Hall–Kier alpha value is -1.32. The van der Waals surface area contributed by atoms with Gasteiger partial charge in [0.1, 0.15) is 18.0 Å². The minimum atomic E-state index is 0.711. The van der Waals surface area contributed by atoms with Crippen LogP contribution in [0.25, 0.3) is 0 Å². The van der Waals surface area contributed by atoms with E-state index in [1.165, 1.54) is 49.9 Å². The number of rotatable bonds is 3. The Kier molecular flexibility index (Phi) is 4.08. The number of nitrogens with one attached hydrogen (secondary N) is 1. The monoisotopic (exact) mass is 274 g/mol. The zero-order valence-corrected chi connectivity index (χ0v) is 12.7. The van der Waals surface area contributed by atoms with Gasteiger partial charge in [-0.1, -0.05) is 19.8 Å². The summed E-state index contributed by atoms with van der Waals surface area (Å²) in [6, 6.07) is 0.711. The lowest BCUT2D eigenvalue weighted by Gasteiger charge is -2.45. The summed E-state index contributed by atoms with van der Waals surface area (Å²) in [6.45, 7) is 3.36. The summed E-state index contributed by atoms with van der Waals surface area (Å²) in [5, 5.41) is 3.22. The third-order valence-electron chi connectivity index (χ3n) is 5.03. The van der Waals surface area contributed by atoms with Crippen LogP contribution >= 0.6 is 0 Å². The first-order valence-corrected chi connectivity index (χ1v) is 8.13. The van der Waals surface area contributed by atoms with Crippen LogP contribution in [0.1, 0.15) is 51.0 Å². The molecule has 1 saturated carbocycles. The van der Waals surface area contributed by atoms with E-state index in [-0.39, 0.29) is 0 Å². The third-order valence-corrected chi connectivity index (χ3v) is 5.03. The molecule has 0 unspecified atom stereocenters. The molecule has 1 N–H and O–H groups in total. The second-order valence-electron chi connectivity index (χ2n) is 6.08. The lowest BCUT2D eigenvalue weighted by molar-refractivity contribution is 0.242. The lowest BCUT2D eigenvalue weighted by Crippen LogP contribution is -2.47. The quantitative estimate of drug-likeness (QED) is 0.918. The first-order valence-electron chi connectivity index (χ1n) is 8.13. The van der Waals surface area contributed by atoms with Crippen LogP contribution in [0.3, 0.4) is 0 Å². The Morgan fingerprint density at radius 3 is 2.80 bits per heavy atom. The van der Waals surface area contributed by atoms with Crippen molar-refractivity contribution in [3.8, 4) is 0 Å². The summed E-state index contributed by atoms with van der Waals surface area (Å²) in [4.78, 5) is 11.6. The summed E-state index contributed by atoms with van der Waals surface area (Å²) < 4.78 is 0. The van der Waals surface area contributed by atoms with Crippen LogP contribution in [0.2, 0.25) is 0 Å². The molecular weight excluding hydrogens is 248 g/mol. The van der Waals surface area contributed by atoms with Gasteiger partial charge in [-0.2, -0.15) is 0 Å². The molecule has 1 aromatic rings. The lowest BCUT2D eigenvalue weighted by atomic mass is 9.78. The standard InChI is InChI=1S/C16H26N4/c1-3-13-15(17-2)18-11-19-16(13)20-10-6-8-12-7-4-5-9-14(12)20/h11-12,14H,3-10H2,1-2H3,(H,17,18,19)/t12-,14-/m1/s1. The van der Waals surface area contributed by atoms with Gasteiger partial charge in [0, 0.05) is 25.2 Å². The third kappa shape index (κ3) is 2.36. The highest BCUT2D eigenvalue weighted by atomic mass is 15.2. The molecule has 0 amide bonds. The van der Waals surface area contributed by atoms with Gasteiger partial charge in [-0.3, -0.25) is 0 Å². The molecule has 1 aliphatic heterocycles. The van der Waals surface area contributed by atoms with Gasteiger partial charge in [0.25, 0.3) is 0 Å². The summed E-state index contributed by atoms with van der Waals surface area (Å²) in [7, 11) is 1.95. The van der Waals surface area contributed by atoms with Gasteiger partial charge in [-0.25, -0.2) is 9.97 Å². The van der Waals surface area contributed by atoms with Crippen molar-refractivity contribution in [3.05, 3.63) is 11.9 Å². The van der Waals surface area contributed by atoms with Crippen LogP contribution in [-0.4, -0.2) is 29.6 Å². The maximum atomic E-state index is 4.65. The predicted molar refractivity (Wildman–Crippen MR) is 83.3 cm³/mol. The van der Waals surface area contributed by atoms with Crippen LogP contribution in [-0.2, 0) is 6.42 Å². The number of hydrogen-bond donors (Lipinski definition) is 1. The van der Waals surface area contributed by atoms with E-state index < -0.39 is 0 Å². The first kappa shape index (κ1) is 13.7. The molecule has 2 fully saturated rings. The van der Waals surface area contributed by atoms with Crippen LogP contribution in [0, 0.1) is 5.92 Å². The maximum absolute atomic E-state index is 4.65. The SMILES string of the molecule is CCc1c(NC)ncnc1N1CCC[C@H]2CCCC[C@H]21. The van der Waals surface area contributed by atoms with Crippen LogP contribution in [0.5, 0.6) is 0 Å². The molecule has 0 radical (unpaired) electrons. The van der Waals surface area contributed by atoms with Gasteiger partial charge >= 0.3 is 0 Å². The van der Waals surface area contributed by atoms with Crippen LogP contribution in [0.4, 0.5) is 11.6 Å². The minimum absolute atomic E-state index is 0.711. The molecule has 2 atom stereocenters. The smallest absolute Gasteiger partial charge is 0.137 e. The number of piperidine rings is 1. The molecule has 1 aliphatic carbocycles.